The van der Waals surface area contributed by atoms with E-state index >= 15 is 0 Å². The average molecular weight is 500 g/mol. The fourth-order valence-electron chi connectivity index (χ4n) is 4.46. The summed E-state index contributed by atoms with van der Waals surface area (Å²) in [5.74, 6) is 0. The third kappa shape index (κ3) is 20.3. The lowest BCUT2D eigenvalue weighted by molar-refractivity contribution is -0.00198. The molecule has 0 aromatic rings. The Kier molecular flexibility index (Phi) is 26.2. The van der Waals surface area contributed by atoms with Gasteiger partial charge in [0.05, 0.1) is 0 Å². The highest BCUT2D eigenvalue weighted by molar-refractivity contribution is 6.36. The van der Waals surface area contributed by atoms with Gasteiger partial charge in [0, 0.05) is 18.3 Å². The van der Waals surface area contributed by atoms with Gasteiger partial charge in [0.1, 0.15) is 0 Å². The topological polar surface area (TPSA) is 27.7 Å². The van der Waals surface area contributed by atoms with Crippen LogP contribution >= 0.6 is 0 Å². The average Bonchev–Trinajstić information content (AvgIpc) is 2.85. The maximum Gasteiger partial charge on any atom is 0.578 e. The third-order valence-corrected chi connectivity index (χ3v) is 8.62. The molecule has 0 aromatic heterocycles. The van der Waals surface area contributed by atoms with Crippen LogP contribution in [0.25, 0.3) is 0 Å². The highest BCUT2D eigenvalue weighted by Gasteiger charge is 2.29. The molecule has 0 aliphatic rings. The largest absolute Gasteiger partial charge is 0.578 e. The summed E-state index contributed by atoms with van der Waals surface area (Å²) in [7, 11) is -1.72. The second kappa shape index (κ2) is 26.2. The van der Waals surface area contributed by atoms with E-state index in [-0.39, 0.29) is 18.3 Å². The minimum absolute atomic E-state index is 0.277. The standard InChI is InChI=1S/C30H63O3Si/c1-7-13-16-19-22-25-28(10-4)31-34(32-29(11-5)26-23-20-17-14-8-2)33-30(12-6)27-24-21-18-15-9-3/h28-30H,7-27H2,1-6H3. The quantitative estimate of drug-likeness (QED) is 0.0830. The Bertz CT molecular complexity index is 336. The summed E-state index contributed by atoms with van der Waals surface area (Å²) in [5.41, 5.74) is 0. The molecule has 0 fully saturated rings. The van der Waals surface area contributed by atoms with Crippen molar-refractivity contribution in [1.82, 2.24) is 0 Å². The molecule has 0 spiro atoms. The Balaban J connectivity index is 4.84. The summed E-state index contributed by atoms with van der Waals surface area (Å²) in [6.45, 7) is 13.6. The van der Waals surface area contributed by atoms with E-state index in [1.54, 1.807) is 0 Å². The van der Waals surface area contributed by atoms with Gasteiger partial charge in [-0.1, -0.05) is 138 Å². The van der Waals surface area contributed by atoms with Gasteiger partial charge in [-0.2, -0.15) is 0 Å². The molecular formula is C30H63O3Si. The Morgan fingerprint density at radius 3 is 0.882 bits per heavy atom. The third-order valence-electron chi connectivity index (χ3n) is 7.04. The molecule has 3 nitrogen and oxygen atoms in total. The zero-order chi connectivity index (χ0) is 25.3. The lowest BCUT2D eigenvalue weighted by atomic mass is 10.1. The predicted octanol–water partition coefficient (Wildman–Crippen LogP) is 10.4. The normalized spacial score (nSPS) is 14.6. The molecule has 0 aromatic carbocycles. The molecule has 3 unspecified atom stereocenters. The van der Waals surface area contributed by atoms with Gasteiger partial charge in [-0.25, -0.2) is 0 Å². The van der Waals surface area contributed by atoms with Gasteiger partial charge in [0.25, 0.3) is 0 Å². The van der Waals surface area contributed by atoms with E-state index in [2.05, 4.69) is 41.5 Å². The van der Waals surface area contributed by atoms with Crippen molar-refractivity contribution in [2.75, 3.05) is 0 Å². The minimum Gasteiger partial charge on any atom is -0.368 e. The van der Waals surface area contributed by atoms with Crippen LogP contribution in [0, 0.1) is 0 Å². The van der Waals surface area contributed by atoms with Gasteiger partial charge in [0.2, 0.25) is 0 Å². The first-order valence-electron chi connectivity index (χ1n) is 15.5. The van der Waals surface area contributed by atoms with E-state index in [1.807, 2.05) is 0 Å². The van der Waals surface area contributed by atoms with Crippen molar-refractivity contribution in [3.8, 4) is 0 Å². The second-order valence-corrected chi connectivity index (χ2v) is 11.5. The summed E-state index contributed by atoms with van der Waals surface area (Å²) in [5, 5.41) is 0. The lowest BCUT2D eigenvalue weighted by Crippen LogP contribution is -2.38. The Morgan fingerprint density at radius 1 is 0.382 bits per heavy atom. The van der Waals surface area contributed by atoms with Crippen LogP contribution in [-0.2, 0) is 13.3 Å². The van der Waals surface area contributed by atoms with E-state index in [9.17, 15) is 0 Å². The van der Waals surface area contributed by atoms with Crippen LogP contribution in [0.2, 0.25) is 0 Å². The van der Waals surface area contributed by atoms with Crippen molar-refractivity contribution in [3.05, 3.63) is 0 Å². The lowest BCUT2D eigenvalue weighted by Gasteiger charge is -2.28. The van der Waals surface area contributed by atoms with Crippen LogP contribution in [0.1, 0.15) is 176 Å². The molecule has 0 heterocycles. The molecule has 4 heteroatoms. The van der Waals surface area contributed by atoms with Gasteiger partial charge >= 0.3 is 9.53 Å². The van der Waals surface area contributed by atoms with E-state index in [0.717, 1.165) is 38.5 Å². The molecular weight excluding hydrogens is 436 g/mol. The van der Waals surface area contributed by atoms with Crippen LogP contribution in [0.15, 0.2) is 0 Å². The molecule has 0 N–H and O–H groups in total. The fourth-order valence-corrected chi connectivity index (χ4v) is 6.29. The van der Waals surface area contributed by atoms with Gasteiger partial charge < -0.3 is 13.3 Å². The molecule has 0 saturated carbocycles. The number of hydrogen-bond donors (Lipinski definition) is 0. The zero-order valence-electron chi connectivity index (χ0n) is 24.3. The van der Waals surface area contributed by atoms with E-state index < -0.39 is 9.53 Å². The zero-order valence-corrected chi connectivity index (χ0v) is 25.3. The first kappa shape index (κ1) is 34.1. The first-order valence-corrected chi connectivity index (χ1v) is 16.7. The van der Waals surface area contributed by atoms with Gasteiger partial charge in [-0.15, -0.1) is 0 Å². The van der Waals surface area contributed by atoms with Crippen LogP contribution in [0.4, 0.5) is 0 Å². The summed E-state index contributed by atoms with van der Waals surface area (Å²) < 4.78 is 19.9. The SMILES string of the molecule is CCCCCCCC(CC)O[Si](OC(CC)CCCCCCC)OC(CC)CCCCCCC. The van der Waals surface area contributed by atoms with E-state index in [1.165, 1.54) is 96.3 Å². The Hall–Kier alpha value is 0.0969. The number of rotatable bonds is 27. The molecule has 0 saturated heterocycles. The smallest absolute Gasteiger partial charge is 0.368 e. The Morgan fingerprint density at radius 2 is 0.647 bits per heavy atom. The number of unbranched alkanes of at least 4 members (excludes halogenated alkanes) is 12. The second-order valence-electron chi connectivity index (χ2n) is 10.3. The predicted molar refractivity (Wildman–Crippen MR) is 151 cm³/mol. The minimum atomic E-state index is -1.72. The van der Waals surface area contributed by atoms with Crippen LogP contribution in [-0.4, -0.2) is 27.8 Å². The molecule has 0 aliphatic heterocycles. The van der Waals surface area contributed by atoms with Crippen LogP contribution in [0.3, 0.4) is 0 Å². The monoisotopic (exact) mass is 499 g/mol. The summed E-state index contributed by atoms with van der Waals surface area (Å²) in [6.07, 6.45) is 27.2. The highest BCUT2D eigenvalue weighted by atomic mass is 28.3. The molecule has 1 radical (unpaired) electrons. The first-order chi connectivity index (χ1) is 16.6. The molecule has 0 aliphatic carbocycles. The van der Waals surface area contributed by atoms with Gasteiger partial charge in [-0.3, -0.25) is 0 Å². The summed E-state index contributed by atoms with van der Waals surface area (Å²) in [6, 6.07) is 0. The highest BCUT2D eigenvalue weighted by Crippen LogP contribution is 2.20. The van der Waals surface area contributed by atoms with E-state index in [0.29, 0.717) is 0 Å². The van der Waals surface area contributed by atoms with E-state index in [4.69, 9.17) is 13.3 Å². The maximum absolute atomic E-state index is 6.62. The molecule has 0 amide bonds. The fraction of sp³-hybridized carbons (Fsp3) is 1.00. The number of hydrogen-bond acceptors (Lipinski definition) is 3. The maximum atomic E-state index is 6.62. The Labute approximate surface area is 217 Å². The molecule has 0 bridgehead atoms. The van der Waals surface area contributed by atoms with Crippen LogP contribution < -0.4 is 0 Å². The van der Waals surface area contributed by atoms with Crippen molar-refractivity contribution in [2.45, 2.75) is 195 Å². The molecule has 3 atom stereocenters. The molecule has 0 rings (SSSR count). The summed E-state index contributed by atoms with van der Waals surface area (Å²) in [4.78, 5) is 0. The van der Waals surface area contributed by atoms with Crippen molar-refractivity contribution in [3.63, 3.8) is 0 Å². The summed E-state index contributed by atoms with van der Waals surface area (Å²) >= 11 is 0. The van der Waals surface area contributed by atoms with Crippen LogP contribution in [0.5, 0.6) is 0 Å². The van der Waals surface area contributed by atoms with Crippen molar-refractivity contribution in [2.24, 2.45) is 0 Å². The van der Waals surface area contributed by atoms with Crippen molar-refractivity contribution >= 4 is 9.53 Å². The van der Waals surface area contributed by atoms with Crippen molar-refractivity contribution in [1.29, 1.82) is 0 Å². The molecule has 205 valence electrons. The van der Waals surface area contributed by atoms with Gasteiger partial charge in [-0.05, 0) is 38.5 Å². The molecule has 34 heavy (non-hydrogen) atoms. The van der Waals surface area contributed by atoms with Gasteiger partial charge in [0.15, 0.2) is 0 Å². The van der Waals surface area contributed by atoms with Crippen molar-refractivity contribution < 1.29 is 13.3 Å².